The number of anilines is 1. The van der Waals surface area contributed by atoms with Crippen LogP contribution < -0.4 is 10.6 Å². The summed E-state index contributed by atoms with van der Waals surface area (Å²) in [5, 5.41) is 10.5. The lowest BCUT2D eigenvalue weighted by molar-refractivity contribution is 0.247. The zero-order valence-corrected chi connectivity index (χ0v) is 13.6. The van der Waals surface area contributed by atoms with Crippen LogP contribution in [0.1, 0.15) is 35.7 Å². The largest absolute Gasteiger partial charge is 0.459 e. The summed E-state index contributed by atoms with van der Waals surface area (Å²) < 4.78 is 10.9. The molecule has 0 aliphatic rings. The molecule has 3 aromatic rings. The molecule has 0 saturated heterocycles. The Labute approximate surface area is 133 Å². The molecule has 0 bridgehead atoms. The lowest BCUT2D eigenvalue weighted by Crippen LogP contribution is -2.31. The number of para-hydroxylation sites is 1. The molecule has 1 atom stereocenters. The average Bonchev–Trinajstić information content (AvgIpc) is 3.02. The van der Waals surface area contributed by atoms with Crippen LogP contribution in [-0.4, -0.2) is 11.2 Å². The number of nitrogens with one attached hydrogen (secondary N) is 2. The van der Waals surface area contributed by atoms with Gasteiger partial charge in [0.1, 0.15) is 22.7 Å². The van der Waals surface area contributed by atoms with E-state index in [1.165, 1.54) is 0 Å². The van der Waals surface area contributed by atoms with Crippen molar-refractivity contribution in [2.75, 3.05) is 5.32 Å². The Balaban J connectivity index is 1.76. The van der Waals surface area contributed by atoms with Gasteiger partial charge in [-0.2, -0.15) is 0 Å². The third kappa shape index (κ3) is 2.79. The Bertz CT molecular complexity index is 844. The van der Waals surface area contributed by atoms with E-state index in [9.17, 15) is 4.79 Å². The van der Waals surface area contributed by atoms with Crippen molar-refractivity contribution in [3.05, 3.63) is 47.0 Å². The van der Waals surface area contributed by atoms with Crippen molar-refractivity contribution in [2.45, 2.75) is 33.7 Å². The monoisotopic (exact) mass is 313 g/mol. The molecule has 2 N–H and O–H groups in total. The smallest absolute Gasteiger partial charge is 0.319 e. The van der Waals surface area contributed by atoms with Gasteiger partial charge in [-0.1, -0.05) is 23.4 Å². The predicted octanol–water partition coefficient (Wildman–Crippen LogP) is 4.23. The van der Waals surface area contributed by atoms with E-state index >= 15 is 0 Å². The Morgan fingerprint density at radius 1 is 1.22 bits per heavy atom. The number of rotatable bonds is 3. The van der Waals surface area contributed by atoms with Gasteiger partial charge in [0.15, 0.2) is 5.76 Å². The molecule has 6 heteroatoms. The van der Waals surface area contributed by atoms with Gasteiger partial charge in [0, 0.05) is 10.9 Å². The number of aryl methyl sites for hydroxylation is 3. The summed E-state index contributed by atoms with van der Waals surface area (Å²) in [6.45, 7) is 7.41. The van der Waals surface area contributed by atoms with Crippen LogP contribution in [0.25, 0.3) is 11.0 Å². The van der Waals surface area contributed by atoms with Gasteiger partial charge in [0.25, 0.3) is 0 Å². The van der Waals surface area contributed by atoms with Crippen LogP contribution in [0.4, 0.5) is 10.5 Å². The summed E-state index contributed by atoms with van der Waals surface area (Å²) in [4.78, 5) is 12.2. The molecule has 3 rings (SSSR count). The summed E-state index contributed by atoms with van der Waals surface area (Å²) in [7, 11) is 0. The molecule has 0 fully saturated rings. The van der Waals surface area contributed by atoms with Crippen molar-refractivity contribution in [1.29, 1.82) is 0 Å². The first-order valence-corrected chi connectivity index (χ1v) is 7.45. The van der Waals surface area contributed by atoms with Crippen molar-refractivity contribution in [1.82, 2.24) is 10.5 Å². The summed E-state index contributed by atoms with van der Waals surface area (Å²) in [5.74, 6) is 1.32. The minimum atomic E-state index is -0.327. The Morgan fingerprint density at radius 2 is 1.96 bits per heavy atom. The number of carbonyl (C=O) groups is 1. The maximum absolute atomic E-state index is 12.2. The molecule has 0 unspecified atom stereocenters. The molecule has 0 saturated carbocycles. The number of hydrogen-bond donors (Lipinski definition) is 2. The van der Waals surface area contributed by atoms with Crippen molar-refractivity contribution >= 4 is 22.7 Å². The topological polar surface area (TPSA) is 80.3 Å². The standard InChI is InChI=1S/C17H19N3O3/c1-9-13-7-5-6-8-14(13)22-16(9)11(3)18-17(21)19-15-10(2)20-23-12(15)4/h5-8,11H,1-4H3,(H2,18,19,21)/t11-/m0/s1. The Morgan fingerprint density at radius 3 is 2.61 bits per heavy atom. The average molecular weight is 313 g/mol. The normalized spacial score (nSPS) is 12.3. The Hall–Kier alpha value is -2.76. The third-order valence-corrected chi connectivity index (χ3v) is 3.89. The van der Waals surface area contributed by atoms with Crippen LogP contribution in [0.2, 0.25) is 0 Å². The van der Waals surface area contributed by atoms with E-state index in [0.29, 0.717) is 17.1 Å². The first-order chi connectivity index (χ1) is 11.0. The fraction of sp³-hybridized carbons (Fsp3) is 0.294. The highest BCUT2D eigenvalue weighted by molar-refractivity contribution is 5.90. The predicted molar refractivity (Wildman–Crippen MR) is 87.5 cm³/mol. The van der Waals surface area contributed by atoms with E-state index in [0.717, 1.165) is 22.3 Å². The molecule has 2 aromatic heterocycles. The molecule has 1 aromatic carbocycles. The molecule has 2 heterocycles. The van der Waals surface area contributed by atoms with E-state index < -0.39 is 0 Å². The lowest BCUT2D eigenvalue weighted by Gasteiger charge is -2.13. The van der Waals surface area contributed by atoms with Crippen molar-refractivity contribution < 1.29 is 13.7 Å². The first kappa shape index (κ1) is 15.1. The first-order valence-electron chi connectivity index (χ1n) is 7.45. The maximum Gasteiger partial charge on any atom is 0.319 e. The van der Waals surface area contributed by atoms with Crippen LogP contribution in [0.5, 0.6) is 0 Å². The number of benzene rings is 1. The van der Waals surface area contributed by atoms with E-state index in [4.69, 9.17) is 8.94 Å². The third-order valence-electron chi connectivity index (χ3n) is 3.89. The molecular formula is C17H19N3O3. The number of furan rings is 1. The molecule has 6 nitrogen and oxygen atoms in total. The van der Waals surface area contributed by atoms with Crippen LogP contribution in [-0.2, 0) is 0 Å². The lowest BCUT2D eigenvalue weighted by atomic mass is 10.1. The van der Waals surface area contributed by atoms with Crippen molar-refractivity contribution in [3.8, 4) is 0 Å². The molecule has 23 heavy (non-hydrogen) atoms. The molecule has 0 aliphatic heterocycles. The molecule has 120 valence electrons. The number of aromatic nitrogens is 1. The highest BCUT2D eigenvalue weighted by atomic mass is 16.5. The zero-order valence-electron chi connectivity index (χ0n) is 13.6. The molecular weight excluding hydrogens is 294 g/mol. The van der Waals surface area contributed by atoms with Crippen LogP contribution in [0.3, 0.4) is 0 Å². The van der Waals surface area contributed by atoms with E-state index in [1.54, 1.807) is 13.8 Å². The van der Waals surface area contributed by atoms with E-state index in [2.05, 4.69) is 15.8 Å². The molecule has 0 radical (unpaired) electrons. The molecule has 2 amide bonds. The second-order valence-electron chi connectivity index (χ2n) is 5.61. The van der Waals surface area contributed by atoms with E-state index in [-0.39, 0.29) is 12.1 Å². The fourth-order valence-electron chi connectivity index (χ4n) is 2.68. The quantitative estimate of drug-likeness (QED) is 0.758. The number of nitrogens with zero attached hydrogens (tertiary/aromatic N) is 1. The van der Waals surface area contributed by atoms with Gasteiger partial charge in [0.2, 0.25) is 0 Å². The van der Waals surface area contributed by atoms with Gasteiger partial charge in [-0.25, -0.2) is 4.79 Å². The summed E-state index contributed by atoms with van der Waals surface area (Å²) in [5.41, 5.74) is 3.09. The van der Waals surface area contributed by atoms with Crippen LogP contribution >= 0.6 is 0 Å². The second-order valence-corrected chi connectivity index (χ2v) is 5.61. The van der Waals surface area contributed by atoms with Gasteiger partial charge >= 0.3 is 6.03 Å². The SMILES string of the molecule is Cc1noc(C)c1NC(=O)N[C@@H](C)c1oc2ccccc2c1C. The van der Waals surface area contributed by atoms with Crippen molar-refractivity contribution in [3.63, 3.8) is 0 Å². The molecule has 0 spiro atoms. The van der Waals surface area contributed by atoms with Gasteiger partial charge in [-0.3, -0.25) is 0 Å². The highest BCUT2D eigenvalue weighted by Crippen LogP contribution is 2.29. The van der Waals surface area contributed by atoms with E-state index in [1.807, 2.05) is 38.1 Å². The highest BCUT2D eigenvalue weighted by Gasteiger charge is 2.19. The molecule has 0 aliphatic carbocycles. The fourth-order valence-corrected chi connectivity index (χ4v) is 2.68. The number of urea groups is 1. The number of fused-ring (bicyclic) bond motifs is 1. The number of hydrogen-bond acceptors (Lipinski definition) is 4. The van der Waals surface area contributed by atoms with Gasteiger partial charge < -0.3 is 19.6 Å². The zero-order chi connectivity index (χ0) is 16.6. The van der Waals surface area contributed by atoms with Gasteiger partial charge in [0.05, 0.1) is 6.04 Å². The summed E-state index contributed by atoms with van der Waals surface area (Å²) >= 11 is 0. The summed E-state index contributed by atoms with van der Waals surface area (Å²) in [6, 6.07) is 7.24. The number of amides is 2. The minimum Gasteiger partial charge on any atom is -0.459 e. The maximum atomic E-state index is 12.2. The minimum absolute atomic E-state index is 0.261. The van der Waals surface area contributed by atoms with Crippen molar-refractivity contribution in [2.24, 2.45) is 0 Å². The van der Waals surface area contributed by atoms with Crippen LogP contribution in [0.15, 0.2) is 33.2 Å². The second kappa shape index (κ2) is 5.79. The van der Waals surface area contributed by atoms with Gasteiger partial charge in [-0.05, 0) is 33.8 Å². The Kier molecular flexibility index (Phi) is 3.82. The number of carbonyl (C=O) groups excluding carboxylic acids is 1. The summed E-state index contributed by atoms with van der Waals surface area (Å²) in [6.07, 6.45) is 0. The van der Waals surface area contributed by atoms with Crippen LogP contribution in [0, 0.1) is 20.8 Å². The van der Waals surface area contributed by atoms with Gasteiger partial charge in [-0.15, -0.1) is 0 Å².